The van der Waals surface area contributed by atoms with E-state index in [-0.39, 0.29) is 28.6 Å². The molecule has 0 aromatic heterocycles. The largest absolute Gasteiger partial charge is 0.508 e. The van der Waals surface area contributed by atoms with E-state index in [1.54, 1.807) is 18.2 Å². The highest BCUT2D eigenvalue weighted by atomic mass is 32.2. The van der Waals surface area contributed by atoms with Gasteiger partial charge in [0.2, 0.25) is 5.91 Å². The summed E-state index contributed by atoms with van der Waals surface area (Å²) in [6.45, 7) is 3.90. The number of piperazine rings is 1. The van der Waals surface area contributed by atoms with E-state index in [1.807, 2.05) is 4.90 Å². The second-order valence-corrected chi connectivity index (χ2v) is 9.16. The minimum absolute atomic E-state index is 0.0242. The van der Waals surface area contributed by atoms with E-state index in [1.165, 1.54) is 36.0 Å². The lowest BCUT2D eigenvalue weighted by atomic mass is 10.1. The van der Waals surface area contributed by atoms with E-state index in [0.717, 1.165) is 49.5 Å². The number of hydrogen-bond acceptors (Lipinski definition) is 5. The standard InChI is InChI=1S/C23H26FN3O3S/c24-17-6-4-16(5-7-17)23(30)27-13-11-26(12-14-27)10-2-1-3-20-22(29)25-19-9-8-18(28)15-21(19)31-20/h4-9,15,20,28H,1-3,10-14H2,(H,25,29). The predicted octanol–water partition coefficient (Wildman–Crippen LogP) is 3.57. The molecule has 0 radical (unpaired) electrons. The van der Waals surface area contributed by atoms with E-state index in [0.29, 0.717) is 18.7 Å². The predicted molar refractivity (Wildman–Crippen MR) is 119 cm³/mol. The molecule has 4 rings (SSSR count). The van der Waals surface area contributed by atoms with Gasteiger partial charge in [-0.15, -0.1) is 11.8 Å². The SMILES string of the molecule is O=C1Nc2ccc(O)cc2SC1CCCCN1CCN(C(=O)c2ccc(F)cc2)CC1. The Morgan fingerprint density at radius 1 is 1.10 bits per heavy atom. The zero-order chi connectivity index (χ0) is 21.8. The summed E-state index contributed by atoms with van der Waals surface area (Å²) in [6.07, 6.45) is 2.71. The fourth-order valence-corrected chi connectivity index (χ4v) is 5.13. The average molecular weight is 444 g/mol. The van der Waals surface area contributed by atoms with E-state index in [2.05, 4.69) is 10.2 Å². The number of nitrogens with zero attached hydrogens (tertiary/aromatic N) is 2. The van der Waals surface area contributed by atoms with Gasteiger partial charge < -0.3 is 15.3 Å². The molecule has 164 valence electrons. The number of fused-ring (bicyclic) bond motifs is 1. The number of amides is 2. The van der Waals surface area contributed by atoms with Crippen molar-refractivity contribution in [2.24, 2.45) is 0 Å². The number of nitrogens with one attached hydrogen (secondary N) is 1. The fourth-order valence-electron chi connectivity index (χ4n) is 3.94. The van der Waals surface area contributed by atoms with Crippen LogP contribution < -0.4 is 5.32 Å². The monoisotopic (exact) mass is 443 g/mol. The molecule has 2 aromatic carbocycles. The van der Waals surface area contributed by atoms with Gasteiger partial charge in [0.1, 0.15) is 11.6 Å². The van der Waals surface area contributed by atoms with E-state index < -0.39 is 0 Å². The fraction of sp³-hybridized carbons (Fsp3) is 0.391. The molecule has 0 saturated carbocycles. The second-order valence-electron chi connectivity index (χ2n) is 7.91. The molecule has 2 aliphatic heterocycles. The van der Waals surface area contributed by atoms with Crippen molar-refractivity contribution in [1.82, 2.24) is 9.80 Å². The van der Waals surface area contributed by atoms with Gasteiger partial charge >= 0.3 is 0 Å². The van der Waals surface area contributed by atoms with Crippen molar-refractivity contribution in [3.8, 4) is 5.75 Å². The van der Waals surface area contributed by atoms with Crippen LogP contribution in [0.3, 0.4) is 0 Å². The van der Waals surface area contributed by atoms with Gasteiger partial charge in [0.15, 0.2) is 0 Å². The van der Waals surface area contributed by atoms with Crippen LogP contribution in [0.15, 0.2) is 47.4 Å². The molecule has 31 heavy (non-hydrogen) atoms. The number of aromatic hydroxyl groups is 1. The third-order valence-corrected chi connectivity index (χ3v) is 7.05. The molecular weight excluding hydrogens is 417 g/mol. The van der Waals surface area contributed by atoms with Crippen molar-refractivity contribution in [3.63, 3.8) is 0 Å². The third kappa shape index (κ3) is 5.37. The number of phenols is 1. The Morgan fingerprint density at radius 3 is 2.58 bits per heavy atom. The minimum atomic E-state index is -0.340. The normalized spacial score (nSPS) is 19.1. The average Bonchev–Trinajstić information content (AvgIpc) is 2.77. The molecule has 8 heteroatoms. The topological polar surface area (TPSA) is 72.9 Å². The molecule has 0 spiro atoms. The minimum Gasteiger partial charge on any atom is -0.508 e. The Bertz CT molecular complexity index is 946. The first-order chi connectivity index (χ1) is 15.0. The number of rotatable bonds is 6. The maximum atomic E-state index is 13.0. The lowest BCUT2D eigenvalue weighted by Gasteiger charge is -2.35. The molecule has 0 aliphatic carbocycles. The van der Waals surface area contributed by atoms with Crippen molar-refractivity contribution in [1.29, 1.82) is 0 Å². The van der Waals surface area contributed by atoms with Crippen molar-refractivity contribution in [2.45, 2.75) is 29.4 Å². The van der Waals surface area contributed by atoms with Crippen LogP contribution in [0.25, 0.3) is 0 Å². The van der Waals surface area contributed by atoms with Crippen molar-refractivity contribution >= 4 is 29.3 Å². The van der Waals surface area contributed by atoms with Crippen LogP contribution in [0.2, 0.25) is 0 Å². The summed E-state index contributed by atoms with van der Waals surface area (Å²) in [5.41, 5.74) is 1.28. The first-order valence-corrected chi connectivity index (χ1v) is 11.5. The van der Waals surface area contributed by atoms with Gasteiger partial charge in [0.25, 0.3) is 5.91 Å². The number of carbonyl (C=O) groups is 2. The lowest BCUT2D eigenvalue weighted by Crippen LogP contribution is -2.48. The van der Waals surface area contributed by atoms with Crippen LogP contribution in [-0.2, 0) is 4.79 Å². The van der Waals surface area contributed by atoms with Crippen molar-refractivity contribution in [2.75, 3.05) is 38.0 Å². The molecule has 2 amide bonds. The summed E-state index contributed by atoms with van der Waals surface area (Å²) in [6, 6.07) is 10.7. The molecule has 1 atom stereocenters. The summed E-state index contributed by atoms with van der Waals surface area (Å²) in [5.74, 6) is -0.159. The van der Waals surface area contributed by atoms with Gasteiger partial charge in [0, 0.05) is 36.6 Å². The highest BCUT2D eigenvalue weighted by molar-refractivity contribution is 8.01. The van der Waals surface area contributed by atoms with Gasteiger partial charge in [-0.2, -0.15) is 0 Å². The maximum absolute atomic E-state index is 13.0. The van der Waals surface area contributed by atoms with Gasteiger partial charge in [-0.1, -0.05) is 6.42 Å². The zero-order valence-electron chi connectivity index (χ0n) is 17.2. The van der Waals surface area contributed by atoms with Gasteiger partial charge in [-0.25, -0.2) is 4.39 Å². The Hall–Kier alpha value is -2.58. The van der Waals surface area contributed by atoms with Crippen molar-refractivity contribution < 1.29 is 19.1 Å². The summed E-state index contributed by atoms with van der Waals surface area (Å²) in [7, 11) is 0. The number of benzene rings is 2. The molecule has 2 N–H and O–H groups in total. The van der Waals surface area contributed by atoms with Gasteiger partial charge in [-0.3, -0.25) is 14.5 Å². The number of phenolic OH excluding ortho intramolecular Hbond substituents is 1. The van der Waals surface area contributed by atoms with Crippen LogP contribution >= 0.6 is 11.8 Å². The smallest absolute Gasteiger partial charge is 0.253 e. The van der Waals surface area contributed by atoms with Crippen LogP contribution in [0.1, 0.15) is 29.6 Å². The molecule has 1 saturated heterocycles. The maximum Gasteiger partial charge on any atom is 0.253 e. The number of hydrogen-bond donors (Lipinski definition) is 2. The van der Waals surface area contributed by atoms with Crippen LogP contribution in [-0.4, -0.2) is 64.7 Å². The van der Waals surface area contributed by atoms with E-state index >= 15 is 0 Å². The highest BCUT2D eigenvalue weighted by Gasteiger charge is 2.27. The molecule has 1 fully saturated rings. The number of thioether (sulfide) groups is 1. The molecule has 2 aromatic rings. The summed E-state index contributed by atoms with van der Waals surface area (Å²) in [5, 5.41) is 12.4. The van der Waals surface area contributed by atoms with Crippen molar-refractivity contribution in [3.05, 3.63) is 53.8 Å². The van der Waals surface area contributed by atoms with Crippen LogP contribution in [0.4, 0.5) is 10.1 Å². The van der Waals surface area contributed by atoms with Crippen LogP contribution in [0, 0.1) is 5.82 Å². The first kappa shape index (κ1) is 21.6. The molecular formula is C23H26FN3O3S. The number of unbranched alkanes of at least 4 members (excludes halogenated alkanes) is 1. The number of halogens is 1. The Morgan fingerprint density at radius 2 is 1.84 bits per heavy atom. The van der Waals surface area contributed by atoms with Crippen LogP contribution in [0.5, 0.6) is 5.75 Å². The summed E-state index contributed by atoms with van der Waals surface area (Å²) < 4.78 is 13.0. The van der Waals surface area contributed by atoms with Gasteiger partial charge in [0.05, 0.1) is 10.9 Å². The zero-order valence-corrected chi connectivity index (χ0v) is 18.0. The molecule has 6 nitrogen and oxygen atoms in total. The highest BCUT2D eigenvalue weighted by Crippen LogP contribution is 2.39. The molecule has 2 heterocycles. The lowest BCUT2D eigenvalue weighted by molar-refractivity contribution is -0.115. The summed E-state index contributed by atoms with van der Waals surface area (Å²) in [4.78, 5) is 29.9. The second kappa shape index (κ2) is 9.70. The summed E-state index contributed by atoms with van der Waals surface area (Å²) >= 11 is 1.51. The first-order valence-electron chi connectivity index (χ1n) is 10.6. The molecule has 0 bridgehead atoms. The third-order valence-electron chi connectivity index (χ3n) is 5.73. The number of carbonyl (C=O) groups excluding carboxylic acids is 2. The van der Waals surface area contributed by atoms with Gasteiger partial charge in [-0.05, 0) is 61.9 Å². The number of anilines is 1. The quantitative estimate of drug-likeness (QED) is 0.528. The van der Waals surface area contributed by atoms with E-state index in [4.69, 9.17) is 0 Å². The molecule has 1 unspecified atom stereocenters. The molecule has 2 aliphatic rings. The Labute approximate surface area is 185 Å². The Balaban J connectivity index is 1.17. The van der Waals surface area contributed by atoms with E-state index in [9.17, 15) is 19.1 Å². The Kier molecular flexibility index (Phi) is 6.77.